The molecule has 8 nitrogen and oxygen atoms in total. The van der Waals surface area contributed by atoms with Crippen LogP contribution in [-0.2, 0) is 4.79 Å². The van der Waals surface area contributed by atoms with Crippen LogP contribution in [0, 0.1) is 6.92 Å². The number of carbonyl (C=O) groups is 2. The Morgan fingerprint density at radius 1 is 1.36 bits per heavy atom. The fourth-order valence-corrected chi connectivity index (χ4v) is 2.95. The van der Waals surface area contributed by atoms with Gasteiger partial charge in [-0.2, -0.15) is 0 Å². The molecule has 1 aromatic carbocycles. The Balaban J connectivity index is 2.08. The van der Waals surface area contributed by atoms with Crippen LogP contribution in [0.25, 0.3) is 5.65 Å². The predicted octanol–water partition coefficient (Wildman–Crippen LogP) is 2.83. The first-order valence-corrected chi connectivity index (χ1v) is 7.91. The van der Waals surface area contributed by atoms with Crippen molar-refractivity contribution in [3.8, 4) is 0 Å². The summed E-state index contributed by atoms with van der Waals surface area (Å²) < 4.78 is 1.62. The molecule has 1 amide bonds. The summed E-state index contributed by atoms with van der Waals surface area (Å²) in [6.45, 7) is 5.01. The van der Waals surface area contributed by atoms with E-state index in [-0.39, 0.29) is 11.5 Å². The molecular weight excluding hydrogens is 346 g/mol. The molecule has 9 heteroatoms. The van der Waals surface area contributed by atoms with E-state index < -0.39 is 12.0 Å². The van der Waals surface area contributed by atoms with Gasteiger partial charge in [0.25, 0.3) is 0 Å². The highest BCUT2D eigenvalue weighted by molar-refractivity contribution is 6.34. The van der Waals surface area contributed by atoms with Crippen LogP contribution in [0.4, 0.5) is 5.69 Å². The Labute approximate surface area is 148 Å². The first kappa shape index (κ1) is 17.0. The molecule has 0 aliphatic carbocycles. The fourth-order valence-electron chi connectivity index (χ4n) is 2.79. The second kappa shape index (κ2) is 6.21. The van der Waals surface area contributed by atoms with Gasteiger partial charge < -0.3 is 10.0 Å². The van der Waals surface area contributed by atoms with E-state index in [1.807, 2.05) is 6.92 Å². The van der Waals surface area contributed by atoms with Gasteiger partial charge in [-0.15, -0.1) is 10.2 Å². The molecule has 0 aliphatic heterocycles. The van der Waals surface area contributed by atoms with Gasteiger partial charge in [0.05, 0.1) is 17.3 Å². The predicted molar refractivity (Wildman–Crippen MR) is 92.1 cm³/mol. The number of benzene rings is 1. The summed E-state index contributed by atoms with van der Waals surface area (Å²) in [5.41, 5.74) is 1.78. The summed E-state index contributed by atoms with van der Waals surface area (Å²) in [7, 11) is 0. The van der Waals surface area contributed by atoms with Crippen LogP contribution < -0.4 is 4.90 Å². The summed E-state index contributed by atoms with van der Waals surface area (Å²) in [6, 6.07) is 5.70. The number of amides is 1. The van der Waals surface area contributed by atoms with Gasteiger partial charge in [-0.25, -0.2) is 9.31 Å². The maximum Gasteiger partial charge on any atom is 0.335 e. The third-order valence-electron chi connectivity index (χ3n) is 3.96. The van der Waals surface area contributed by atoms with E-state index >= 15 is 0 Å². The van der Waals surface area contributed by atoms with Crippen LogP contribution in [0.15, 0.2) is 24.3 Å². The number of aryl methyl sites for hydroxylation is 1. The molecule has 0 saturated carbocycles. The summed E-state index contributed by atoms with van der Waals surface area (Å²) in [5, 5.41) is 20.9. The van der Waals surface area contributed by atoms with Crippen molar-refractivity contribution in [1.82, 2.24) is 19.8 Å². The van der Waals surface area contributed by atoms with Crippen molar-refractivity contribution < 1.29 is 14.7 Å². The maximum absolute atomic E-state index is 12.3. The number of carboxylic acids is 1. The number of hydrogen-bond donors (Lipinski definition) is 2. The topological polar surface area (TPSA) is 104 Å². The van der Waals surface area contributed by atoms with Gasteiger partial charge in [0, 0.05) is 12.6 Å². The lowest BCUT2D eigenvalue weighted by molar-refractivity contribution is -0.117. The highest BCUT2D eigenvalue weighted by Crippen LogP contribution is 2.29. The number of hydrogen-bond acceptors (Lipinski definition) is 4. The van der Waals surface area contributed by atoms with Crippen molar-refractivity contribution >= 4 is 34.8 Å². The Kier molecular flexibility index (Phi) is 4.22. The zero-order valence-electron chi connectivity index (χ0n) is 13.8. The highest BCUT2D eigenvalue weighted by atomic mass is 35.5. The number of halogens is 1. The second-order valence-corrected chi connectivity index (χ2v) is 6.07. The lowest BCUT2D eigenvalue weighted by Crippen LogP contribution is -2.32. The minimum Gasteiger partial charge on any atom is -0.478 e. The van der Waals surface area contributed by atoms with Gasteiger partial charge in [-0.3, -0.25) is 9.89 Å². The van der Waals surface area contributed by atoms with Crippen molar-refractivity contribution in [3.63, 3.8) is 0 Å². The molecule has 1 atom stereocenters. The highest BCUT2D eigenvalue weighted by Gasteiger charge is 2.27. The van der Waals surface area contributed by atoms with Gasteiger partial charge in [0.1, 0.15) is 5.02 Å². The van der Waals surface area contributed by atoms with Crippen LogP contribution in [0.5, 0.6) is 0 Å². The van der Waals surface area contributed by atoms with E-state index in [9.17, 15) is 14.7 Å². The summed E-state index contributed by atoms with van der Waals surface area (Å²) >= 11 is 6.17. The smallest absolute Gasteiger partial charge is 0.335 e. The molecule has 130 valence electrons. The van der Waals surface area contributed by atoms with E-state index in [4.69, 9.17) is 11.6 Å². The molecule has 0 radical (unpaired) electrons. The minimum absolute atomic E-state index is 0.0982. The first-order valence-electron chi connectivity index (χ1n) is 7.53. The van der Waals surface area contributed by atoms with Crippen molar-refractivity contribution in [2.24, 2.45) is 0 Å². The number of nitrogens with one attached hydrogen (secondary N) is 1. The van der Waals surface area contributed by atoms with E-state index in [2.05, 4.69) is 15.3 Å². The lowest BCUT2D eigenvalue weighted by atomic mass is 10.1. The molecule has 2 N–H and O–H groups in total. The molecular formula is C16H16ClN5O3. The Morgan fingerprint density at radius 2 is 2.08 bits per heavy atom. The minimum atomic E-state index is -1.06. The van der Waals surface area contributed by atoms with Crippen LogP contribution in [0.3, 0.4) is 0 Å². The Hall–Kier alpha value is -2.87. The molecule has 3 aromatic rings. The van der Waals surface area contributed by atoms with Gasteiger partial charge in [-0.05, 0) is 32.0 Å². The summed E-state index contributed by atoms with van der Waals surface area (Å²) in [4.78, 5) is 24.9. The number of carbonyl (C=O) groups excluding carboxylic acids is 1. The molecule has 0 saturated heterocycles. The first-order chi connectivity index (χ1) is 11.8. The van der Waals surface area contributed by atoms with Crippen molar-refractivity contribution in [2.45, 2.75) is 26.8 Å². The normalized spacial score (nSPS) is 12.3. The third-order valence-corrected chi connectivity index (χ3v) is 4.42. The van der Waals surface area contributed by atoms with Crippen LogP contribution in [-0.4, -0.2) is 36.8 Å². The van der Waals surface area contributed by atoms with Crippen LogP contribution in [0.2, 0.25) is 5.02 Å². The SMILES string of the molecule is CC(=O)N(c1cccc(C(=O)O)c1)C(C)c1nnc2c(Cl)c(C)[nH]n12. The monoisotopic (exact) mass is 361 g/mol. The van der Waals surface area contributed by atoms with Crippen molar-refractivity contribution in [3.05, 3.63) is 46.4 Å². The Morgan fingerprint density at radius 3 is 2.72 bits per heavy atom. The number of anilines is 1. The number of H-pyrrole nitrogens is 1. The van der Waals surface area contributed by atoms with E-state index in [1.165, 1.54) is 24.0 Å². The van der Waals surface area contributed by atoms with E-state index in [0.29, 0.717) is 22.2 Å². The van der Waals surface area contributed by atoms with Gasteiger partial charge in [0.15, 0.2) is 11.5 Å². The van der Waals surface area contributed by atoms with Crippen molar-refractivity contribution in [2.75, 3.05) is 4.90 Å². The molecule has 1 unspecified atom stereocenters. The van der Waals surface area contributed by atoms with Gasteiger partial charge in [0.2, 0.25) is 5.91 Å². The Bertz CT molecular complexity index is 977. The van der Waals surface area contributed by atoms with Gasteiger partial charge >= 0.3 is 5.97 Å². The average Bonchev–Trinajstić information content (AvgIpc) is 3.08. The summed E-state index contributed by atoms with van der Waals surface area (Å²) in [5.74, 6) is -0.822. The van der Waals surface area contributed by atoms with Gasteiger partial charge in [-0.1, -0.05) is 17.7 Å². The number of aromatic nitrogens is 4. The molecule has 3 rings (SSSR count). The summed E-state index contributed by atoms with van der Waals surface area (Å²) in [6.07, 6.45) is 0. The molecule has 0 aliphatic rings. The standard InChI is InChI=1S/C16H16ClN5O3/c1-8-13(17)15-19-18-14(22(15)20-8)9(2)21(10(3)23)12-6-4-5-11(7-12)16(24)25/h4-7,9,20H,1-3H3,(H,24,25). The molecule has 0 fully saturated rings. The zero-order valence-corrected chi connectivity index (χ0v) is 14.6. The third kappa shape index (κ3) is 2.85. The van der Waals surface area contributed by atoms with Crippen LogP contribution >= 0.6 is 11.6 Å². The number of aromatic carboxylic acids is 1. The number of carboxylic acid groups (broad SMARTS) is 1. The number of fused-ring (bicyclic) bond motifs is 1. The molecule has 25 heavy (non-hydrogen) atoms. The lowest BCUT2D eigenvalue weighted by Gasteiger charge is -2.27. The number of nitrogens with zero attached hydrogens (tertiary/aromatic N) is 4. The molecule has 0 spiro atoms. The average molecular weight is 362 g/mol. The number of rotatable bonds is 4. The molecule has 2 heterocycles. The quantitative estimate of drug-likeness (QED) is 0.743. The second-order valence-electron chi connectivity index (χ2n) is 5.69. The van der Waals surface area contributed by atoms with Crippen LogP contribution in [0.1, 0.15) is 41.8 Å². The largest absolute Gasteiger partial charge is 0.478 e. The van der Waals surface area contributed by atoms with Crippen molar-refractivity contribution in [1.29, 1.82) is 0 Å². The van der Waals surface area contributed by atoms with E-state index in [1.54, 1.807) is 23.6 Å². The molecule has 2 aromatic heterocycles. The fraction of sp³-hybridized carbons (Fsp3) is 0.250. The molecule has 0 bridgehead atoms. The number of aromatic amines is 1. The zero-order chi connectivity index (χ0) is 18.3. The van der Waals surface area contributed by atoms with E-state index in [0.717, 1.165) is 5.69 Å². The maximum atomic E-state index is 12.3.